The van der Waals surface area contributed by atoms with Gasteiger partial charge in [-0.1, -0.05) is 15.9 Å². The Kier molecular flexibility index (Phi) is 3.79. The maximum absolute atomic E-state index is 13.6. The van der Waals surface area contributed by atoms with Gasteiger partial charge in [-0.05, 0) is 25.1 Å². The molecule has 92 valence electrons. The van der Waals surface area contributed by atoms with Gasteiger partial charge in [0.25, 0.3) is 5.91 Å². The van der Waals surface area contributed by atoms with Gasteiger partial charge in [0.05, 0.1) is 18.3 Å². The van der Waals surface area contributed by atoms with Gasteiger partial charge in [-0.15, -0.1) is 0 Å². The first-order valence-electron chi connectivity index (χ1n) is 5.44. The fourth-order valence-corrected chi connectivity index (χ4v) is 2.17. The largest absolute Gasteiger partial charge is 0.375 e. The molecule has 17 heavy (non-hydrogen) atoms. The van der Waals surface area contributed by atoms with E-state index in [1.165, 1.54) is 12.1 Å². The molecule has 1 aliphatic heterocycles. The van der Waals surface area contributed by atoms with Gasteiger partial charge >= 0.3 is 0 Å². The Hall–Kier alpha value is -0.940. The Morgan fingerprint density at radius 2 is 2.35 bits per heavy atom. The maximum atomic E-state index is 13.6. The summed E-state index contributed by atoms with van der Waals surface area (Å²) in [6.45, 7) is 3.43. The average molecular weight is 302 g/mol. The van der Waals surface area contributed by atoms with Crippen LogP contribution in [-0.2, 0) is 4.74 Å². The van der Waals surface area contributed by atoms with Gasteiger partial charge in [-0.3, -0.25) is 4.79 Å². The van der Waals surface area contributed by atoms with Gasteiger partial charge in [0.15, 0.2) is 0 Å². The Morgan fingerprint density at radius 3 is 3.00 bits per heavy atom. The van der Waals surface area contributed by atoms with Crippen LogP contribution in [0.5, 0.6) is 0 Å². The van der Waals surface area contributed by atoms with E-state index < -0.39 is 5.82 Å². The molecule has 0 aliphatic carbocycles. The van der Waals surface area contributed by atoms with Crippen molar-refractivity contribution in [3.63, 3.8) is 0 Å². The van der Waals surface area contributed by atoms with Crippen molar-refractivity contribution in [1.29, 1.82) is 0 Å². The van der Waals surface area contributed by atoms with Crippen molar-refractivity contribution in [3.05, 3.63) is 34.1 Å². The molecule has 0 spiro atoms. The van der Waals surface area contributed by atoms with Crippen LogP contribution < -0.4 is 0 Å². The summed E-state index contributed by atoms with van der Waals surface area (Å²) in [4.78, 5) is 13.7. The van der Waals surface area contributed by atoms with Crippen LogP contribution in [0.15, 0.2) is 22.7 Å². The van der Waals surface area contributed by atoms with Crippen molar-refractivity contribution < 1.29 is 13.9 Å². The summed E-state index contributed by atoms with van der Waals surface area (Å²) >= 11 is 3.17. The highest BCUT2D eigenvalue weighted by molar-refractivity contribution is 9.10. The van der Waals surface area contributed by atoms with Gasteiger partial charge in [0.1, 0.15) is 5.82 Å². The second-order valence-corrected chi connectivity index (χ2v) is 4.97. The molecule has 1 heterocycles. The lowest BCUT2D eigenvalue weighted by molar-refractivity contribution is -0.0125. The molecule has 2 rings (SSSR count). The number of nitrogens with zero attached hydrogens (tertiary/aromatic N) is 1. The lowest BCUT2D eigenvalue weighted by atomic mass is 10.1. The first-order chi connectivity index (χ1) is 8.08. The molecule has 1 atom stereocenters. The van der Waals surface area contributed by atoms with E-state index in [-0.39, 0.29) is 17.6 Å². The van der Waals surface area contributed by atoms with Crippen LogP contribution in [0, 0.1) is 5.82 Å². The first kappa shape index (κ1) is 12.5. The lowest BCUT2D eigenvalue weighted by Gasteiger charge is -2.31. The summed E-state index contributed by atoms with van der Waals surface area (Å²) in [6, 6.07) is 4.47. The van der Waals surface area contributed by atoms with Gasteiger partial charge in [0.2, 0.25) is 0 Å². The number of benzene rings is 1. The summed E-state index contributed by atoms with van der Waals surface area (Å²) in [7, 11) is 0. The molecule has 1 amide bonds. The topological polar surface area (TPSA) is 29.5 Å². The van der Waals surface area contributed by atoms with E-state index in [0.29, 0.717) is 24.2 Å². The smallest absolute Gasteiger partial charge is 0.256 e. The van der Waals surface area contributed by atoms with E-state index >= 15 is 0 Å². The third-order valence-corrected chi connectivity index (χ3v) is 3.18. The van der Waals surface area contributed by atoms with Gasteiger partial charge in [-0.25, -0.2) is 4.39 Å². The van der Waals surface area contributed by atoms with Crippen LogP contribution in [-0.4, -0.2) is 36.6 Å². The highest BCUT2D eigenvalue weighted by Crippen LogP contribution is 2.18. The van der Waals surface area contributed by atoms with Crippen LogP contribution in [0.4, 0.5) is 4.39 Å². The van der Waals surface area contributed by atoms with Crippen molar-refractivity contribution in [3.8, 4) is 0 Å². The minimum Gasteiger partial charge on any atom is -0.375 e. The molecule has 0 saturated carbocycles. The zero-order chi connectivity index (χ0) is 12.4. The highest BCUT2D eigenvalue weighted by Gasteiger charge is 2.24. The molecule has 1 aromatic carbocycles. The molecule has 0 unspecified atom stereocenters. The van der Waals surface area contributed by atoms with E-state index in [1.807, 2.05) is 6.92 Å². The Balaban J connectivity index is 2.18. The normalized spacial score (nSPS) is 20.4. The molecule has 0 radical (unpaired) electrons. The van der Waals surface area contributed by atoms with E-state index in [4.69, 9.17) is 4.74 Å². The number of ether oxygens (including phenoxy) is 1. The van der Waals surface area contributed by atoms with E-state index in [1.54, 1.807) is 11.0 Å². The molecule has 3 nitrogen and oxygen atoms in total. The van der Waals surface area contributed by atoms with Crippen LogP contribution >= 0.6 is 15.9 Å². The number of halogens is 2. The predicted molar refractivity (Wildman–Crippen MR) is 65.4 cm³/mol. The number of rotatable bonds is 1. The fraction of sp³-hybridized carbons (Fsp3) is 0.417. The second-order valence-electron chi connectivity index (χ2n) is 4.06. The van der Waals surface area contributed by atoms with Gasteiger partial charge in [-0.2, -0.15) is 0 Å². The number of morpholine rings is 1. The zero-order valence-corrected chi connectivity index (χ0v) is 11.0. The second kappa shape index (κ2) is 5.14. The molecular formula is C12H13BrFNO2. The minimum atomic E-state index is -0.497. The zero-order valence-electron chi connectivity index (χ0n) is 9.45. The third kappa shape index (κ3) is 2.84. The molecule has 0 bridgehead atoms. The van der Waals surface area contributed by atoms with Crippen molar-refractivity contribution in [2.75, 3.05) is 19.7 Å². The summed E-state index contributed by atoms with van der Waals surface area (Å²) in [6.07, 6.45) is 0.00575. The van der Waals surface area contributed by atoms with Crippen LogP contribution in [0.25, 0.3) is 0 Å². The van der Waals surface area contributed by atoms with E-state index in [0.717, 1.165) is 0 Å². The molecular weight excluding hydrogens is 289 g/mol. The number of carbonyl (C=O) groups excluding carboxylic acids is 1. The number of hydrogen-bond acceptors (Lipinski definition) is 2. The van der Waals surface area contributed by atoms with Crippen LogP contribution in [0.1, 0.15) is 17.3 Å². The standard InChI is InChI=1S/C12H13BrFNO2/c1-8-7-15(4-5-17-8)12(16)10-3-2-9(13)6-11(10)14/h2-3,6,8H,4-5,7H2,1H3/t8-/m1/s1. The predicted octanol–water partition coefficient (Wildman–Crippen LogP) is 2.45. The van der Waals surface area contributed by atoms with Gasteiger partial charge < -0.3 is 9.64 Å². The average Bonchev–Trinajstić information content (AvgIpc) is 2.28. The monoisotopic (exact) mass is 301 g/mol. The van der Waals surface area contributed by atoms with Crippen molar-refractivity contribution in [1.82, 2.24) is 4.90 Å². The van der Waals surface area contributed by atoms with Crippen molar-refractivity contribution in [2.45, 2.75) is 13.0 Å². The highest BCUT2D eigenvalue weighted by atomic mass is 79.9. The molecule has 1 fully saturated rings. The van der Waals surface area contributed by atoms with E-state index in [9.17, 15) is 9.18 Å². The SMILES string of the molecule is C[C@@H]1CN(C(=O)c2ccc(Br)cc2F)CCO1. The van der Waals surface area contributed by atoms with Crippen molar-refractivity contribution in [2.24, 2.45) is 0 Å². The Labute approximate surface area is 108 Å². The van der Waals surface area contributed by atoms with Crippen molar-refractivity contribution >= 4 is 21.8 Å². The third-order valence-electron chi connectivity index (χ3n) is 2.69. The van der Waals surface area contributed by atoms with E-state index in [2.05, 4.69) is 15.9 Å². The quantitative estimate of drug-likeness (QED) is 0.797. The molecule has 1 aromatic rings. The number of hydrogen-bond donors (Lipinski definition) is 0. The number of amides is 1. The first-order valence-corrected chi connectivity index (χ1v) is 6.23. The summed E-state index contributed by atoms with van der Waals surface area (Å²) in [5.74, 6) is -0.770. The molecule has 1 aliphatic rings. The number of carbonyl (C=O) groups is 1. The fourth-order valence-electron chi connectivity index (χ4n) is 1.84. The summed E-state index contributed by atoms with van der Waals surface area (Å²) in [5.41, 5.74) is 0.113. The Bertz CT molecular complexity index is 439. The molecule has 0 aromatic heterocycles. The molecule has 0 N–H and O–H groups in total. The maximum Gasteiger partial charge on any atom is 0.256 e. The minimum absolute atomic E-state index is 0.00575. The molecule has 5 heteroatoms. The van der Waals surface area contributed by atoms with Crippen LogP contribution in [0.3, 0.4) is 0 Å². The molecule has 1 saturated heterocycles. The Morgan fingerprint density at radius 1 is 1.59 bits per heavy atom. The van der Waals surface area contributed by atoms with Crippen LogP contribution in [0.2, 0.25) is 0 Å². The summed E-state index contributed by atoms with van der Waals surface area (Å²) in [5, 5.41) is 0. The van der Waals surface area contributed by atoms with Gasteiger partial charge in [0, 0.05) is 17.6 Å². The summed E-state index contributed by atoms with van der Waals surface area (Å²) < 4.78 is 19.6. The lowest BCUT2D eigenvalue weighted by Crippen LogP contribution is -2.44.